The van der Waals surface area contributed by atoms with E-state index in [-0.39, 0.29) is 0 Å². The minimum absolute atomic E-state index is 0.652. The molecule has 0 aliphatic rings. The molecule has 4 nitrogen and oxygen atoms in total. The minimum atomic E-state index is 0.652. The molecule has 0 saturated heterocycles. The van der Waals surface area contributed by atoms with Crippen LogP contribution in [0.4, 0.5) is 0 Å². The molecule has 2 aromatic heterocycles. The maximum Gasteiger partial charge on any atom is 0.0992 e. The quantitative estimate of drug-likeness (QED) is 0.648. The van der Waals surface area contributed by atoms with Gasteiger partial charge in [-0.2, -0.15) is 5.26 Å². The molecule has 0 aliphatic heterocycles. The van der Waals surface area contributed by atoms with Crippen molar-refractivity contribution in [2.24, 2.45) is 0 Å². The van der Waals surface area contributed by atoms with E-state index in [1.165, 1.54) is 0 Å². The molecular weight excluding hydrogens is 363 g/mol. The van der Waals surface area contributed by atoms with Crippen LogP contribution in [-0.4, -0.2) is 14.5 Å². The monoisotopic (exact) mass is 372 g/mol. The predicted octanol–water partition coefficient (Wildman–Crippen LogP) is 3.41. The highest BCUT2D eigenvalue weighted by molar-refractivity contribution is 14.1. The summed E-state index contributed by atoms with van der Waals surface area (Å²) in [5.74, 6) is 0. The summed E-state index contributed by atoms with van der Waals surface area (Å²) in [5, 5.41) is 8.82. The van der Waals surface area contributed by atoms with E-state index in [1.54, 1.807) is 24.7 Å². The summed E-state index contributed by atoms with van der Waals surface area (Å²) in [5.41, 5.74) is 3.55. The SMILES string of the molecule is N#Cc1ccc(-c2ncc(-n3ccnc3)cc2I)cc1. The van der Waals surface area contributed by atoms with Crippen LogP contribution in [0.2, 0.25) is 0 Å². The topological polar surface area (TPSA) is 54.5 Å². The first-order valence-corrected chi connectivity index (χ1v) is 7.00. The van der Waals surface area contributed by atoms with Gasteiger partial charge in [-0.3, -0.25) is 4.98 Å². The van der Waals surface area contributed by atoms with Gasteiger partial charge in [0, 0.05) is 21.5 Å². The van der Waals surface area contributed by atoms with Crippen LogP contribution < -0.4 is 0 Å². The van der Waals surface area contributed by atoms with Gasteiger partial charge in [0.2, 0.25) is 0 Å². The van der Waals surface area contributed by atoms with Crippen molar-refractivity contribution in [3.63, 3.8) is 0 Å². The average Bonchev–Trinajstić information content (AvgIpc) is 3.01. The van der Waals surface area contributed by atoms with Crippen LogP contribution >= 0.6 is 22.6 Å². The van der Waals surface area contributed by atoms with Gasteiger partial charge in [-0.25, -0.2) is 4.98 Å². The molecule has 3 aromatic rings. The standard InChI is InChI=1S/C15H9IN4/c16-14-7-13(20-6-5-18-10-20)9-19-15(14)12-3-1-11(8-17)2-4-12/h1-7,9-10H. The van der Waals surface area contributed by atoms with Crippen molar-refractivity contribution in [2.45, 2.75) is 0 Å². The maximum atomic E-state index is 8.82. The zero-order valence-electron chi connectivity index (χ0n) is 10.4. The number of pyridine rings is 1. The smallest absolute Gasteiger partial charge is 0.0992 e. The van der Waals surface area contributed by atoms with Gasteiger partial charge in [0.25, 0.3) is 0 Å². The third-order valence-corrected chi connectivity index (χ3v) is 3.74. The van der Waals surface area contributed by atoms with E-state index in [1.807, 2.05) is 29.1 Å². The van der Waals surface area contributed by atoms with E-state index < -0.39 is 0 Å². The first kappa shape index (κ1) is 12.8. The highest BCUT2D eigenvalue weighted by atomic mass is 127. The zero-order chi connectivity index (χ0) is 13.9. The Balaban J connectivity index is 2.00. The first-order chi connectivity index (χ1) is 9.78. The van der Waals surface area contributed by atoms with Gasteiger partial charge in [-0.05, 0) is 40.8 Å². The molecule has 96 valence electrons. The van der Waals surface area contributed by atoms with Gasteiger partial charge in [0.05, 0.1) is 35.5 Å². The summed E-state index contributed by atoms with van der Waals surface area (Å²) in [4.78, 5) is 8.55. The summed E-state index contributed by atoms with van der Waals surface area (Å²) >= 11 is 2.27. The minimum Gasteiger partial charge on any atom is -0.305 e. The Morgan fingerprint density at radius 3 is 2.60 bits per heavy atom. The number of imidazole rings is 1. The Kier molecular flexibility index (Phi) is 3.48. The molecule has 0 atom stereocenters. The van der Waals surface area contributed by atoms with Crippen LogP contribution in [0.15, 0.2) is 55.2 Å². The largest absolute Gasteiger partial charge is 0.305 e. The molecule has 0 unspecified atom stereocenters. The predicted molar refractivity (Wildman–Crippen MR) is 84.2 cm³/mol. The van der Waals surface area contributed by atoms with E-state index in [0.717, 1.165) is 20.5 Å². The van der Waals surface area contributed by atoms with Gasteiger partial charge < -0.3 is 4.57 Å². The van der Waals surface area contributed by atoms with Crippen LogP contribution in [0.5, 0.6) is 0 Å². The Labute approximate surface area is 129 Å². The van der Waals surface area contributed by atoms with Crippen LogP contribution in [-0.2, 0) is 0 Å². The first-order valence-electron chi connectivity index (χ1n) is 5.92. The van der Waals surface area contributed by atoms with Crippen molar-refractivity contribution in [3.05, 3.63) is 64.4 Å². The van der Waals surface area contributed by atoms with Crippen molar-refractivity contribution in [3.8, 4) is 23.0 Å². The van der Waals surface area contributed by atoms with Crippen molar-refractivity contribution in [1.82, 2.24) is 14.5 Å². The molecule has 1 aromatic carbocycles. The number of rotatable bonds is 2. The van der Waals surface area contributed by atoms with Crippen LogP contribution in [0, 0.1) is 14.9 Å². The van der Waals surface area contributed by atoms with Gasteiger partial charge in [-0.15, -0.1) is 0 Å². The van der Waals surface area contributed by atoms with Crippen LogP contribution in [0.3, 0.4) is 0 Å². The molecule has 0 bridgehead atoms. The molecule has 3 rings (SSSR count). The highest BCUT2D eigenvalue weighted by Gasteiger charge is 2.07. The number of hydrogen-bond donors (Lipinski definition) is 0. The Bertz CT molecular complexity index is 771. The number of nitrogens with zero attached hydrogens (tertiary/aromatic N) is 4. The van der Waals surface area contributed by atoms with E-state index in [2.05, 4.69) is 44.7 Å². The van der Waals surface area contributed by atoms with Crippen molar-refractivity contribution in [2.75, 3.05) is 0 Å². The van der Waals surface area contributed by atoms with Gasteiger partial charge >= 0.3 is 0 Å². The highest BCUT2D eigenvalue weighted by Crippen LogP contribution is 2.25. The molecule has 2 heterocycles. The molecule has 0 fully saturated rings. The lowest BCUT2D eigenvalue weighted by Gasteiger charge is -2.07. The number of halogens is 1. The average molecular weight is 372 g/mol. The lowest BCUT2D eigenvalue weighted by Crippen LogP contribution is -1.95. The van der Waals surface area contributed by atoms with Crippen molar-refractivity contribution < 1.29 is 0 Å². The summed E-state index contributed by atoms with van der Waals surface area (Å²) in [7, 11) is 0. The molecule has 0 N–H and O–H groups in total. The second-order valence-corrected chi connectivity index (χ2v) is 5.35. The van der Waals surface area contributed by atoms with Crippen LogP contribution in [0.25, 0.3) is 16.9 Å². The summed E-state index contributed by atoms with van der Waals surface area (Å²) in [6, 6.07) is 11.6. The fraction of sp³-hybridized carbons (Fsp3) is 0. The Hall–Kier alpha value is -2.20. The third-order valence-electron chi connectivity index (χ3n) is 2.92. The number of benzene rings is 1. The van der Waals surface area contributed by atoms with Crippen molar-refractivity contribution in [1.29, 1.82) is 5.26 Å². The third kappa shape index (κ3) is 2.42. The molecule has 0 radical (unpaired) electrons. The van der Waals surface area contributed by atoms with Gasteiger partial charge in [-0.1, -0.05) is 12.1 Å². The molecule has 0 aliphatic carbocycles. The molecule has 0 spiro atoms. The molecule has 20 heavy (non-hydrogen) atoms. The second-order valence-electron chi connectivity index (χ2n) is 4.18. The fourth-order valence-electron chi connectivity index (χ4n) is 1.90. The summed E-state index contributed by atoms with van der Waals surface area (Å²) in [6.07, 6.45) is 7.18. The zero-order valence-corrected chi connectivity index (χ0v) is 12.5. The van der Waals surface area contributed by atoms with Crippen molar-refractivity contribution >= 4 is 22.6 Å². The Morgan fingerprint density at radius 1 is 1.20 bits per heavy atom. The van der Waals surface area contributed by atoms with E-state index in [9.17, 15) is 0 Å². The van der Waals surface area contributed by atoms with Crippen LogP contribution in [0.1, 0.15) is 5.56 Å². The fourth-order valence-corrected chi connectivity index (χ4v) is 2.67. The molecule has 0 saturated carbocycles. The molecule has 0 amide bonds. The second kappa shape index (κ2) is 5.43. The molecular formula is C15H9IN4. The van der Waals surface area contributed by atoms with Gasteiger partial charge in [0.1, 0.15) is 0 Å². The molecule has 5 heteroatoms. The Morgan fingerprint density at radius 2 is 2.00 bits per heavy atom. The van der Waals surface area contributed by atoms with E-state index >= 15 is 0 Å². The maximum absolute atomic E-state index is 8.82. The summed E-state index contributed by atoms with van der Waals surface area (Å²) < 4.78 is 2.97. The summed E-state index contributed by atoms with van der Waals surface area (Å²) in [6.45, 7) is 0. The van der Waals surface area contributed by atoms with Gasteiger partial charge in [0.15, 0.2) is 0 Å². The van der Waals surface area contributed by atoms with E-state index in [0.29, 0.717) is 5.56 Å². The number of aromatic nitrogens is 3. The number of hydrogen-bond acceptors (Lipinski definition) is 3. The van der Waals surface area contributed by atoms with E-state index in [4.69, 9.17) is 5.26 Å². The normalized spacial score (nSPS) is 10.2. The lowest BCUT2D eigenvalue weighted by molar-refractivity contribution is 1.04. The number of nitriles is 1. The lowest BCUT2D eigenvalue weighted by atomic mass is 10.1.